The van der Waals surface area contributed by atoms with Crippen LogP contribution in [0.2, 0.25) is 0 Å². The number of nitrogens with zero attached hydrogens (tertiary/aromatic N) is 2. The van der Waals surface area contributed by atoms with Gasteiger partial charge in [-0.25, -0.2) is 0 Å². The van der Waals surface area contributed by atoms with Gasteiger partial charge in [0.25, 0.3) is 0 Å². The number of aromatic nitrogens is 2. The van der Waals surface area contributed by atoms with Crippen molar-refractivity contribution in [3.63, 3.8) is 0 Å². The topological polar surface area (TPSA) is 44.1 Å². The van der Waals surface area contributed by atoms with Crippen molar-refractivity contribution >= 4 is 5.97 Å². The predicted octanol–water partition coefficient (Wildman–Crippen LogP) is 1.40. The molecule has 0 bridgehead atoms. The lowest BCUT2D eigenvalue weighted by Crippen LogP contribution is -2.09. The normalized spacial score (nSPS) is 15.3. The van der Waals surface area contributed by atoms with Gasteiger partial charge in [0.2, 0.25) is 0 Å². The van der Waals surface area contributed by atoms with Gasteiger partial charge in [-0.3, -0.25) is 9.48 Å². The van der Waals surface area contributed by atoms with E-state index in [4.69, 9.17) is 4.74 Å². The maximum absolute atomic E-state index is 11.3. The monoisotopic (exact) mass is 208 g/mol. The van der Waals surface area contributed by atoms with Crippen LogP contribution in [0.5, 0.6) is 0 Å². The fraction of sp³-hybridized carbons (Fsp3) is 0.636. The molecule has 0 atom stereocenters. The van der Waals surface area contributed by atoms with Crippen molar-refractivity contribution in [2.75, 3.05) is 6.61 Å². The van der Waals surface area contributed by atoms with Gasteiger partial charge in [-0.15, -0.1) is 0 Å². The molecule has 1 aliphatic rings. The van der Waals surface area contributed by atoms with Gasteiger partial charge in [-0.05, 0) is 31.2 Å². The number of carbonyl (C=O) groups is 1. The average molecular weight is 208 g/mol. The van der Waals surface area contributed by atoms with Crippen molar-refractivity contribution < 1.29 is 9.53 Å². The second kappa shape index (κ2) is 4.04. The van der Waals surface area contributed by atoms with Crippen LogP contribution in [0.4, 0.5) is 0 Å². The van der Waals surface area contributed by atoms with Crippen molar-refractivity contribution in [3.8, 4) is 0 Å². The minimum Gasteiger partial charge on any atom is -0.466 e. The first kappa shape index (κ1) is 10.2. The molecule has 1 saturated carbocycles. The molecule has 0 aliphatic heterocycles. The van der Waals surface area contributed by atoms with Crippen molar-refractivity contribution in [3.05, 3.63) is 17.5 Å². The molecule has 0 saturated heterocycles. The molecule has 1 aliphatic carbocycles. The summed E-state index contributed by atoms with van der Waals surface area (Å²) in [4.78, 5) is 11.3. The van der Waals surface area contributed by atoms with E-state index in [1.807, 2.05) is 20.2 Å². The SMILES string of the molecule is CCOC(=O)Cc1nn(C)cc1C1CC1. The lowest BCUT2D eigenvalue weighted by atomic mass is 10.1. The van der Waals surface area contributed by atoms with E-state index in [2.05, 4.69) is 5.10 Å². The third kappa shape index (κ3) is 2.37. The van der Waals surface area contributed by atoms with E-state index in [-0.39, 0.29) is 5.97 Å². The highest BCUT2D eigenvalue weighted by Crippen LogP contribution is 2.41. The molecule has 1 fully saturated rings. The highest BCUT2D eigenvalue weighted by atomic mass is 16.5. The largest absolute Gasteiger partial charge is 0.466 e. The van der Waals surface area contributed by atoms with Crippen LogP contribution >= 0.6 is 0 Å². The second-order valence-electron chi connectivity index (χ2n) is 3.96. The molecule has 0 amide bonds. The number of hydrogen-bond donors (Lipinski definition) is 0. The third-order valence-electron chi connectivity index (χ3n) is 2.57. The molecule has 0 N–H and O–H groups in total. The lowest BCUT2D eigenvalue weighted by Gasteiger charge is -2.00. The number of aryl methyl sites for hydroxylation is 1. The summed E-state index contributed by atoms with van der Waals surface area (Å²) >= 11 is 0. The maximum Gasteiger partial charge on any atom is 0.311 e. The summed E-state index contributed by atoms with van der Waals surface area (Å²) in [6.07, 6.45) is 4.77. The van der Waals surface area contributed by atoms with Gasteiger partial charge in [-0.2, -0.15) is 5.10 Å². The van der Waals surface area contributed by atoms with E-state index in [1.165, 1.54) is 18.4 Å². The summed E-state index contributed by atoms with van der Waals surface area (Å²) in [5.41, 5.74) is 2.11. The molecule has 1 aromatic heterocycles. The Kier molecular flexibility index (Phi) is 2.75. The number of hydrogen-bond acceptors (Lipinski definition) is 3. The Hall–Kier alpha value is -1.32. The molecule has 0 aromatic carbocycles. The zero-order valence-electron chi connectivity index (χ0n) is 9.19. The first-order valence-electron chi connectivity index (χ1n) is 5.38. The Balaban J connectivity index is 2.09. The molecule has 1 aromatic rings. The summed E-state index contributed by atoms with van der Waals surface area (Å²) in [5, 5.41) is 4.31. The number of carbonyl (C=O) groups excluding carboxylic acids is 1. The molecule has 0 unspecified atom stereocenters. The predicted molar refractivity (Wildman–Crippen MR) is 55.5 cm³/mol. The number of esters is 1. The highest BCUT2D eigenvalue weighted by Gasteiger charge is 2.28. The minimum absolute atomic E-state index is 0.182. The van der Waals surface area contributed by atoms with Gasteiger partial charge >= 0.3 is 5.97 Å². The molecule has 0 radical (unpaired) electrons. The first-order valence-corrected chi connectivity index (χ1v) is 5.38. The summed E-state index contributed by atoms with van der Waals surface area (Å²) in [6, 6.07) is 0. The molecule has 4 heteroatoms. The van der Waals surface area contributed by atoms with Gasteiger partial charge in [0.05, 0.1) is 18.7 Å². The summed E-state index contributed by atoms with van der Waals surface area (Å²) < 4.78 is 6.70. The highest BCUT2D eigenvalue weighted by molar-refractivity contribution is 5.72. The Bertz CT molecular complexity index is 367. The molecule has 1 heterocycles. The van der Waals surface area contributed by atoms with E-state index >= 15 is 0 Å². The van der Waals surface area contributed by atoms with Crippen LogP contribution in [-0.2, 0) is 23.0 Å². The van der Waals surface area contributed by atoms with Crippen molar-refractivity contribution in [2.24, 2.45) is 7.05 Å². The fourth-order valence-corrected chi connectivity index (χ4v) is 1.77. The fourth-order valence-electron chi connectivity index (χ4n) is 1.77. The smallest absolute Gasteiger partial charge is 0.311 e. The van der Waals surface area contributed by atoms with Gasteiger partial charge < -0.3 is 4.74 Å². The molecule has 82 valence electrons. The average Bonchev–Trinajstić information content (AvgIpc) is 2.92. The van der Waals surface area contributed by atoms with Crippen LogP contribution < -0.4 is 0 Å². The van der Waals surface area contributed by atoms with Crippen molar-refractivity contribution in [1.29, 1.82) is 0 Å². The van der Waals surface area contributed by atoms with E-state index < -0.39 is 0 Å². The molecular weight excluding hydrogens is 192 g/mol. The van der Waals surface area contributed by atoms with Crippen LogP contribution in [0.15, 0.2) is 6.20 Å². The molecular formula is C11H16N2O2. The van der Waals surface area contributed by atoms with Crippen LogP contribution in [0.1, 0.15) is 36.9 Å². The quantitative estimate of drug-likeness (QED) is 0.702. The Morgan fingerprint density at radius 3 is 3.00 bits per heavy atom. The van der Waals surface area contributed by atoms with Crippen molar-refractivity contribution in [1.82, 2.24) is 9.78 Å². The molecule has 15 heavy (non-hydrogen) atoms. The van der Waals surface area contributed by atoms with Crippen molar-refractivity contribution in [2.45, 2.75) is 32.1 Å². The standard InChI is InChI=1S/C11H16N2O2/c1-3-15-11(14)6-10-9(8-4-5-8)7-13(2)12-10/h7-8H,3-6H2,1-2H3. The van der Waals surface area contributed by atoms with Crippen LogP contribution in [-0.4, -0.2) is 22.4 Å². The van der Waals surface area contributed by atoms with Gasteiger partial charge in [0, 0.05) is 13.2 Å². The van der Waals surface area contributed by atoms with E-state index in [0.29, 0.717) is 18.9 Å². The van der Waals surface area contributed by atoms with E-state index in [1.54, 1.807) is 4.68 Å². The van der Waals surface area contributed by atoms with E-state index in [0.717, 1.165) is 5.69 Å². The zero-order chi connectivity index (χ0) is 10.8. The molecule has 0 spiro atoms. The Morgan fingerprint density at radius 1 is 1.67 bits per heavy atom. The minimum atomic E-state index is -0.182. The van der Waals surface area contributed by atoms with Gasteiger partial charge in [0.1, 0.15) is 0 Å². The van der Waals surface area contributed by atoms with Crippen LogP contribution in [0.25, 0.3) is 0 Å². The molecule has 4 nitrogen and oxygen atoms in total. The summed E-state index contributed by atoms with van der Waals surface area (Å²) in [6.45, 7) is 2.25. The second-order valence-corrected chi connectivity index (χ2v) is 3.96. The zero-order valence-corrected chi connectivity index (χ0v) is 9.19. The summed E-state index contributed by atoms with van der Waals surface area (Å²) in [7, 11) is 1.89. The molecule has 2 rings (SSSR count). The first-order chi connectivity index (χ1) is 7.20. The van der Waals surface area contributed by atoms with Gasteiger partial charge in [0.15, 0.2) is 0 Å². The maximum atomic E-state index is 11.3. The van der Waals surface area contributed by atoms with E-state index in [9.17, 15) is 4.79 Å². The van der Waals surface area contributed by atoms with Crippen LogP contribution in [0, 0.1) is 0 Å². The number of rotatable bonds is 4. The number of ether oxygens (including phenoxy) is 1. The Morgan fingerprint density at radius 2 is 2.40 bits per heavy atom. The van der Waals surface area contributed by atoms with Gasteiger partial charge in [-0.1, -0.05) is 0 Å². The third-order valence-corrected chi connectivity index (χ3v) is 2.57. The summed E-state index contributed by atoms with van der Waals surface area (Å²) in [5.74, 6) is 0.446. The van der Waals surface area contributed by atoms with Crippen LogP contribution in [0.3, 0.4) is 0 Å². The Labute approximate surface area is 89.2 Å². The lowest BCUT2D eigenvalue weighted by molar-refractivity contribution is -0.142.